The molecule has 2 aromatic carbocycles. The Labute approximate surface area is 165 Å². The van der Waals surface area contributed by atoms with Crippen molar-refractivity contribution in [1.29, 1.82) is 0 Å². The zero-order chi connectivity index (χ0) is 20.2. The number of fused-ring (bicyclic) bond motifs is 1. The minimum atomic E-state index is -0.504. The highest BCUT2D eigenvalue weighted by Crippen LogP contribution is 2.24. The molecule has 4 rings (SSSR count). The third-order valence-electron chi connectivity index (χ3n) is 4.61. The summed E-state index contributed by atoms with van der Waals surface area (Å²) in [5.41, 5.74) is 2.43. The van der Waals surface area contributed by atoms with Crippen LogP contribution in [0.5, 0.6) is 0 Å². The minimum Gasteiger partial charge on any atom is -0.352 e. The largest absolute Gasteiger partial charge is 0.352 e. The predicted octanol–water partition coefficient (Wildman–Crippen LogP) is 2.95. The van der Waals surface area contributed by atoms with Crippen molar-refractivity contribution in [1.82, 2.24) is 24.4 Å². The van der Waals surface area contributed by atoms with Gasteiger partial charge in [0.2, 0.25) is 0 Å². The van der Waals surface area contributed by atoms with Crippen molar-refractivity contribution in [3.05, 3.63) is 83.2 Å². The van der Waals surface area contributed by atoms with E-state index in [0.717, 1.165) is 11.0 Å². The molecule has 0 radical (unpaired) electrons. The van der Waals surface area contributed by atoms with Gasteiger partial charge in [-0.3, -0.25) is 14.9 Å². The van der Waals surface area contributed by atoms with E-state index in [1.807, 2.05) is 28.8 Å². The molecular weight excluding hydrogens is 372 g/mol. The number of nitrogens with one attached hydrogen (secondary N) is 1. The summed E-state index contributed by atoms with van der Waals surface area (Å²) in [5.74, 6) is -0.347. The van der Waals surface area contributed by atoms with Crippen molar-refractivity contribution >= 4 is 22.6 Å². The topological polar surface area (TPSA) is 108 Å². The van der Waals surface area contributed by atoms with Crippen LogP contribution < -0.4 is 5.32 Å². The number of benzene rings is 2. The number of para-hydroxylation sites is 2. The average Bonchev–Trinajstić information content (AvgIpc) is 3.41. The highest BCUT2D eigenvalue weighted by Gasteiger charge is 2.18. The summed E-state index contributed by atoms with van der Waals surface area (Å²) in [6.07, 6.45) is 7.11. The Bertz CT molecular complexity index is 1170. The molecule has 0 aliphatic rings. The van der Waals surface area contributed by atoms with E-state index in [1.165, 1.54) is 23.2 Å². The van der Waals surface area contributed by atoms with Gasteiger partial charge in [-0.25, -0.2) is 9.97 Å². The number of carbonyl (C=O) groups is 1. The molecule has 9 nitrogen and oxygen atoms in total. The van der Waals surface area contributed by atoms with Crippen LogP contribution in [-0.4, -0.2) is 36.5 Å². The fourth-order valence-electron chi connectivity index (χ4n) is 3.17. The predicted molar refractivity (Wildman–Crippen MR) is 107 cm³/mol. The van der Waals surface area contributed by atoms with Crippen LogP contribution in [0, 0.1) is 10.1 Å². The Balaban J connectivity index is 1.39. The van der Waals surface area contributed by atoms with Crippen molar-refractivity contribution < 1.29 is 9.72 Å². The number of amides is 1. The lowest BCUT2D eigenvalue weighted by Gasteiger charge is -2.08. The number of nitrogens with zero attached hydrogens (tertiary/aromatic N) is 5. The summed E-state index contributed by atoms with van der Waals surface area (Å²) in [4.78, 5) is 31.6. The Morgan fingerprint density at radius 3 is 2.83 bits per heavy atom. The third kappa shape index (κ3) is 3.84. The molecule has 0 saturated carbocycles. The molecule has 0 fully saturated rings. The number of imidazole rings is 2. The molecule has 29 heavy (non-hydrogen) atoms. The number of nitro groups is 1. The fourth-order valence-corrected chi connectivity index (χ4v) is 3.17. The van der Waals surface area contributed by atoms with E-state index in [4.69, 9.17) is 0 Å². The number of hydrogen-bond acceptors (Lipinski definition) is 5. The van der Waals surface area contributed by atoms with Crippen LogP contribution in [0.4, 0.5) is 5.69 Å². The lowest BCUT2D eigenvalue weighted by atomic mass is 10.1. The summed E-state index contributed by atoms with van der Waals surface area (Å²) in [5, 5.41) is 14.2. The molecular formula is C20H18N6O3. The maximum atomic E-state index is 12.4. The van der Waals surface area contributed by atoms with Gasteiger partial charge in [-0.2, -0.15) is 0 Å². The number of hydrogen-bond donors (Lipinski definition) is 1. The normalized spacial score (nSPS) is 10.9. The Hall–Kier alpha value is -4.01. The highest BCUT2D eigenvalue weighted by atomic mass is 16.6. The molecule has 0 atom stereocenters. The van der Waals surface area contributed by atoms with Gasteiger partial charge in [-0.05, 0) is 30.7 Å². The molecule has 9 heteroatoms. The van der Waals surface area contributed by atoms with Crippen LogP contribution in [0.2, 0.25) is 0 Å². The van der Waals surface area contributed by atoms with E-state index < -0.39 is 4.92 Å². The molecule has 4 aromatic rings. The molecule has 0 bridgehead atoms. The molecule has 2 heterocycles. The molecule has 2 aromatic heterocycles. The first-order valence-corrected chi connectivity index (χ1v) is 9.08. The van der Waals surface area contributed by atoms with Crippen molar-refractivity contribution in [2.24, 2.45) is 0 Å². The maximum absolute atomic E-state index is 12.4. The fraction of sp³-hybridized carbons (Fsp3) is 0.150. The van der Waals surface area contributed by atoms with Gasteiger partial charge in [-0.1, -0.05) is 12.1 Å². The second-order valence-corrected chi connectivity index (χ2v) is 6.47. The van der Waals surface area contributed by atoms with Crippen molar-refractivity contribution in [3.63, 3.8) is 0 Å². The number of aryl methyl sites for hydroxylation is 1. The minimum absolute atomic E-state index is 0.152. The van der Waals surface area contributed by atoms with Crippen molar-refractivity contribution in [2.45, 2.75) is 13.0 Å². The van der Waals surface area contributed by atoms with Crippen LogP contribution in [0.3, 0.4) is 0 Å². The Kier molecular flexibility index (Phi) is 5.02. The van der Waals surface area contributed by atoms with E-state index >= 15 is 0 Å². The van der Waals surface area contributed by atoms with Gasteiger partial charge < -0.3 is 14.5 Å². The van der Waals surface area contributed by atoms with E-state index in [1.54, 1.807) is 24.7 Å². The Morgan fingerprint density at radius 1 is 1.17 bits per heavy atom. The molecule has 0 unspecified atom stereocenters. The monoisotopic (exact) mass is 390 g/mol. The second-order valence-electron chi connectivity index (χ2n) is 6.47. The van der Waals surface area contributed by atoms with Crippen molar-refractivity contribution in [2.75, 3.05) is 6.54 Å². The summed E-state index contributed by atoms with van der Waals surface area (Å²) in [7, 11) is 0. The maximum Gasteiger partial charge on any atom is 0.294 e. The number of carbonyl (C=O) groups excluding carboxylic acids is 1. The Morgan fingerprint density at radius 2 is 2.03 bits per heavy atom. The second kappa shape index (κ2) is 7.93. The first-order chi connectivity index (χ1) is 14.1. The summed E-state index contributed by atoms with van der Waals surface area (Å²) < 4.78 is 3.57. The van der Waals surface area contributed by atoms with E-state index in [9.17, 15) is 14.9 Å². The lowest BCUT2D eigenvalue weighted by molar-refractivity contribution is -0.384. The van der Waals surface area contributed by atoms with Gasteiger partial charge in [0.1, 0.15) is 5.69 Å². The number of aromatic nitrogens is 4. The van der Waals surface area contributed by atoms with Gasteiger partial charge in [0, 0.05) is 37.1 Å². The van der Waals surface area contributed by atoms with Gasteiger partial charge in [0.25, 0.3) is 11.6 Å². The van der Waals surface area contributed by atoms with Crippen LogP contribution in [-0.2, 0) is 6.54 Å². The first-order valence-electron chi connectivity index (χ1n) is 9.08. The lowest BCUT2D eigenvalue weighted by Crippen LogP contribution is -2.25. The van der Waals surface area contributed by atoms with Crippen LogP contribution in [0.15, 0.2) is 67.5 Å². The molecule has 0 aliphatic carbocycles. The quantitative estimate of drug-likeness (QED) is 0.296. The van der Waals surface area contributed by atoms with Crippen LogP contribution in [0.25, 0.3) is 16.7 Å². The standard InChI is InChI=1S/C20H18N6O3/c27-20(22-8-3-10-24-14-23-16-4-1-2-5-17(16)24)15-6-7-18(19(12-15)26(28)29)25-11-9-21-13-25/h1-2,4-7,9,11-14H,3,8,10H2,(H,22,27). The van der Waals surface area contributed by atoms with E-state index in [-0.39, 0.29) is 17.2 Å². The number of nitro benzene ring substituents is 1. The van der Waals surface area contributed by atoms with Gasteiger partial charge >= 0.3 is 0 Å². The molecule has 0 spiro atoms. The molecule has 1 amide bonds. The summed E-state index contributed by atoms with van der Waals surface area (Å²) >= 11 is 0. The van der Waals surface area contributed by atoms with Gasteiger partial charge in [0.15, 0.2) is 0 Å². The zero-order valence-electron chi connectivity index (χ0n) is 15.4. The SMILES string of the molecule is O=C(NCCCn1cnc2ccccc21)c1ccc(-n2ccnc2)c([N+](=O)[O-])c1. The highest BCUT2D eigenvalue weighted by molar-refractivity contribution is 5.95. The average molecular weight is 390 g/mol. The van der Waals surface area contributed by atoms with Crippen molar-refractivity contribution in [3.8, 4) is 5.69 Å². The smallest absolute Gasteiger partial charge is 0.294 e. The van der Waals surface area contributed by atoms with Gasteiger partial charge in [0.05, 0.1) is 28.6 Å². The van der Waals surface area contributed by atoms with Gasteiger partial charge in [-0.15, -0.1) is 0 Å². The van der Waals surface area contributed by atoms with E-state index in [0.29, 0.717) is 25.2 Å². The summed E-state index contributed by atoms with van der Waals surface area (Å²) in [6, 6.07) is 12.3. The molecule has 1 N–H and O–H groups in total. The van der Waals surface area contributed by atoms with Crippen LogP contribution in [0.1, 0.15) is 16.8 Å². The summed E-state index contributed by atoms with van der Waals surface area (Å²) in [6.45, 7) is 1.16. The number of rotatable bonds is 7. The molecule has 0 aliphatic heterocycles. The third-order valence-corrected chi connectivity index (χ3v) is 4.61. The van der Waals surface area contributed by atoms with E-state index in [2.05, 4.69) is 15.3 Å². The molecule has 0 saturated heterocycles. The first kappa shape index (κ1) is 18.4. The molecule has 146 valence electrons. The van der Waals surface area contributed by atoms with Crippen LogP contribution >= 0.6 is 0 Å². The zero-order valence-corrected chi connectivity index (χ0v) is 15.4.